The molecule has 1 unspecified atom stereocenters. The van der Waals surface area contributed by atoms with Crippen molar-refractivity contribution in [3.05, 3.63) is 16.5 Å². The van der Waals surface area contributed by atoms with Gasteiger partial charge in [-0.2, -0.15) is 0 Å². The summed E-state index contributed by atoms with van der Waals surface area (Å²) >= 11 is 0.713. The van der Waals surface area contributed by atoms with E-state index in [0.29, 0.717) is 22.7 Å². The normalized spacial score (nSPS) is 13.4. The van der Waals surface area contributed by atoms with Crippen molar-refractivity contribution >= 4 is 38.1 Å². The van der Waals surface area contributed by atoms with E-state index in [1.165, 1.54) is 6.07 Å². The zero-order valence-corrected chi connectivity index (χ0v) is 13.0. The standard InChI is InChI=1S/C10H15NO5S3/c1-3-18(14)5-4-11-19(15,16)8-6-7(2)9(17-8)10(12)13/h6,11H,3-5H2,1-2H3,(H,12,13). The molecule has 0 bridgehead atoms. The van der Waals surface area contributed by atoms with Gasteiger partial charge in [-0.15, -0.1) is 11.3 Å². The van der Waals surface area contributed by atoms with Crippen LogP contribution in [0, 0.1) is 6.92 Å². The second kappa shape index (κ2) is 6.60. The first-order valence-electron chi connectivity index (χ1n) is 5.46. The van der Waals surface area contributed by atoms with Gasteiger partial charge in [-0.3, -0.25) is 4.21 Å². The van der Waals surface area contributed by atoms with E-state index in [9.17, 15) is 17.4 Å². The average Bonchev–Trinajstić information content (AvgIpc) is 2.71. The molecule has 1 aromatic heterocycles. The summed E-state index contributed by atoms with van der Waals surface area (Å²) in [6.45, 7) is 3.37. The lowest BCUT2D eigenvalue weighted by Gasteiger charge is -2.03. The highest BCUT2D eigenvalue weighted by atomic mass is 32.2. The van der Waals surface area contributed by atoms with Crippen molar-refractivity contribution in [1.29, 1.82) is 0 Å². The van der Waals surface area contributed by atoms with Crippen molar-refractivity contribution in [2.24, 2.45) is 0 Å². The number of carboxylic acids is 1. The predicted molar refractivity (Wildman–Crippen MR) is 74.8 cm³/mol. The first-order chi connectivity index (χ1) is 8.77. The van der Waals surface area contributed by atoms with Gasteiger partial charge in [0.2, 0.25) is 10.0 Å². The summed E-state index contributed by atoms with van der Waals surface area (Å²) in [6.07, 6.45) is 0. The van der Waals surface area contributed by atoms with Crippen LogP contribution >= 0.6 is 11.3 Å². The van der Waals surface area contributed by atoms with Gasteiger partial charge in [0.25, 0.3) is 0 Å². The Morgan fingerprint density at radius 1 is 1.53 bits per heavy atom. The number of thiophene rings is 1. The van der Waals surface area contributed by atoms with Crippen LogP contribution < -0.4 is 4.72 Å². The minimum Gasteiger partial charge on any atom is -0.477 e. The lowest BCUT2D eigenvalue weighted by molar-refractivity contribution is 0.0701. The molecule has 1 atom stereocenters. The van der Waals surface area contributed by atoms with Crippen LogP contribution in [-0.4, -0.2) is 41.8 Å². The smallest absolute Gasteiger partial charge is 0.346 e. The van der Waals surface area contributed by atoms with Crippen molar-refractivity contribution < 1.29 is 22.5 Å². The van der Waals surface area contributed by atoms with Crippen LogP contribution in [0.2, 0.25) is 0 Å². The molecule has 0 fully saturated rings. The van der Waals surface area contributed by atoms with E-state index in [4.69, 9.17) is 5.11 Å². The molecular formula is C10H15NO5S3. The summed E-state index contributed by atoms with van der Waals surface area (Å²) in [5, 5.41) is 8.88. The molecular weight excluding hydrogens is 310 g/mol. The van der Waals surface area contributed by atoms with Crippen molar-refractivity contribution in [1.82, 2.24) is 4.72 Å². The third-order valence-electron chi connectivity index (χ3n) is 2.30. The number of sulfonamides is 1. The molecule has 0 spiro atoms. The molecule has 2 N–H and O–H groups in total. The van der Waals surface area contributed by atoms with Gasteiger partial charge in [0.15, 0.2) is 0 Å². The van der Waals surface area contributed by atoms with E-state index in [1.54, 1.807) is 13.8 Å². The van der Waals surface area contributed by atoms with Crippen LogP contribution in [0.5, 0.6) is 0 Å². The van der Waals surface area contributed by atoms with Crippen LogP contribution in [-0.2, 0) is 20.8 Å². The van der Waals surface area contributed by atoms with Gasteiger partial charge < -0.3 is 5.11 Å². The monoisotopic (exact) mass is 325 g/mol. The van der Waals surface area contributed by atoms with Crippen molar-refractivity contribution in [3.8, 4) is 0 Å². The van der Waals surface area contributed by atoms with Gasteiger partial charge in [0, 0.05) is 28.9 Å². The third kappa shape index (κ3) is 4.37. The Balaban J connectivity index is 2.80. The lowest BCUT2D eigenvalue weighted by atomic mass is 10.3. The Kier molecular flexibility index (Phi) is 5.65. The molecule has 6 nitrogen and oxygen atoms in total. The van der Waals surface area contributed by atoms with Crippen molar-refractivity contribution in [3.63, 3.8) is 0 Å². The molecule has 0 aliphatic heterocycles. The molecule has 1 aromatic rings. The molecule has 0 amide bonds. The molecule has 0 aromatic carbocycles. The molecule has 9 heteroatoms. The highest BCUT2D eigenvalue weighted by Gasteiger charge is 2.21. The number of rotatable bonds is 7. The first kappa shape index (κ1) is 16.3. The zero-order valence-electron chi connectivity index (χ0n) is 10.5. The summed E-state index contributed by atoms with van der Waals surface area (Å²) in [7, 11) is -4.77. The maximum Gasteiger partial charge on any atom is 0.346 e. The Morgan fingerprint density at radius 2 is 2.16 bits per heavy atom. The molecule has 0 radical (unpaired) electrons. The zero-order chi connectivity index (χ0) is 14.6. The van der Waals surface area contributed by atoms with Crippen LogP contribution in [0.1, 0.15) is 22.2 Å². The van der Waals surface area contributed by atoms with Gasteiger partial charge in [-0.1, -0.05) is 6.92 Å². The summed E-state index contributed by atoms with van der Waals surface area (Å²) in [6, 6.07) is 1.33. The van der Waals surface area contributed by atoms with Gasteiger partial charge >= 0.3 is 5.97 Å². The SMILES string of the molecule is CCS(=O)CCNS(=O)(=O)c1cc(C)c(C(=O)O)s1. The van der Waals surface area contributed by atoms with Crippen LogP contribution in [0.15, 0.2) is 10.3 Å². The van der Waals surface area contributed by atoms with Gasteiger partial charge in [-0.05, 0) is 18.6 Å². The van der Waals surface area contributed by atoms with E-state index in [1.807, 2.05) is 0 Å². The minimum absolute atomic E-state index is 0.0116. The Bertz CT molecular complexity index is 590. The number of aromatic carboxylic acids is 1. The number of carbonyl (C=O) groups is 1. The number of carboxylic acid groups (broad SMARTS) is 1. The Morgan fingerprint density at radius 3 is 2.63 bits per heavy atom. The molecule has 0 aliphatic carbocycles. The summed E-state index contributed by atoms with van der Waals surface area (Å²) in [5.74, 6) is -0.425. The molecule has 0 aliphatic rings. The minimum atomic E-state index is -3.73. The van der Waals surface area contributed by atoms with Gasteiger partial charge in [0.05, 0.1) is 0 Å². The predicted octanol–water partition coefficient (Wildman–Crippen LogP) is 0.802. The molecule has 0 saturated carbocycles. The van der Waals surface area contributed by atoms with E-state index >= 15 is 0 Å². The topological polar surface area (TPSA) is 101 Å². The fourth-order valence-electron chi connectivity index (χ4n) is 1.30. The fourth-order valence-corrected chi connectivity index (χ4v) is 4.51. The van der Waals surface area contributed by atoms with Crippen LogP contribution in [0.25, 0.3) is 0 Å². The first-order valence-corrected chi connectivity index (χ1v) is 9.25. The molecule has 0 saturated heterocycles. The third-order valence-corrected chi connectivity index (χ3v) is 6.76. The van der Waals surface area contributed by atoms with E-state index in [0.717, 1.165) is 0 Å². The van der Waals surface area contributed by atoms with Crippen LogP contribution in [0.4, 0.5) is 0 Å². The lowest BCUT2D eigenvalue weighted by Crippen LogP contribution is -2.27. The van der Waals surface area contributed by atoms with E-state index in [2.05, 4.69) is 4.72 Å². The summed E-state index contributed by atoms with van der Waals surface area (Å²) < 4.78 is 37.3. The molecule has 1 heterocycles. The average molecular weight is 325 g/mol. The van der Waals surface area contributed by atoms with Crippen molar-refractivity contribution in [2.45, 2.75) is 18.1 Å². The summed E-state index contributed by atoms with van der Waals surface area (Å²) in [4.78, 5) is 10.9. The second-order valence-electron chi connectivity index (χ2n) is 3.71. The molecule has 108 valence electrons. The van der Waals surface area contributed by atoms with E-state index < -0.39 is 26.8 Å². The molecule has 19 heavy (non-hydrogen) atoms. The highest BCUT2D eigenvalue weighted by molar-refractivity contribution is 7.91. The Labute approximate surface area is 118 Å². The maximum absolute atomic E-state index is 11.9. The van der Waals surface area contributed by atoms with Gasteiger partial charge in [0.1, 0.15) is 9.09 Å². The van der Waals surface area contributed by atoms with Crippen LogP contribution in [0.3, 0.4) is 0 Å². The number of nitrogens with one attached hydrogen (secondary N) is 1. The van der Waals surface area contributed by atoms with Gasteiger partial charge in [-0.25, -0.2) is 17.9 Å². The fraction of sp³-hybridized carbons (Fsp3) is 0.500. The number of hydrogen-bond acceptors (Lipinski definition) is 5. The number of hydrogen-bond donors (Lipinski definition) is 2. The Hall–Kier alpha value is -0.770. The second-order valence-corrected chi connectivity index (χ2v) is 8.62. The molecule has 1 rings (SSSR count). The highest BCUT2D eigenvalue weighted by Crippen LogP contribution is 2.25. The van der Waals surface area contributed by atoms with E-state index in [-0.39, 0.29) is 21.4 Å². The quantitative estimate of drug-likeness (QED) is 0.772. The van der Waals surface area contributed by atoms with Crippen molar-refractivity contribution in [2.75, 3.05) is 18.1 Å². The maximum atomic E-state index is 11.9. The largest absolute Gasteiger partial charge is 0.477 e. The number of aryl methyl sites for hydroxylation is 1. The summed E-state index contributed by atoms with van der Waals surface area (Å²) in [5.41, 5.74) is 0.412.